The molecule has 0 unspecified atom stereocenters. The Bertz CT molecular complexity index is 832. The maximum absolute atomic E-state index is 12.5. The lowest BCUT2D eigenvalue weighted by Crippen LogP contribution is -2.15. The highest BCUT2D eigenvalue weighted by Crippen LogP contribution is 2.34. The molecule has 2 aromatic rings. The Hall–Kier alpha value is -2.29. The van der Waals surface area contributed by atoms with E-state index in [9.17, 15) is 4.79 Å². The molecule has 3 rings (SSSR count). The number of carbonyl (C=O) groups is 1. The van der Waals surface area contributed by atoms with Gasteiger partial charge in [-0.05, 0) is 79.5 Å². The molecule has 1 fully saturated rings. The molecular formula is C32H46O3. The molecule has 0 aromatic heterocycles. The van der Waals surface area contributed by atoms with E-state index < -0.39 is 0 Å². The molecule has 192 valence electrons. The molecule has 0 amide bonds. The van der Waals surface area contributed by atoms with Crippen LogP contribution in [0.2, 0.25) is 0 Å². The second kappa shape index (κ2) is 15.7. The number of unbranched alkanes of at least 4 members (excludes halogenated alkanes) is 4. The average molecular weight is 479 g/mol. The van der Waals surface area contributed by atoms with E-state index >= 15 is 0 Å². The van der Waals surface area contributed by atoms with Crippen LogP contribution in [0.25, 0.3) is 0 Å². The van der Waals surface area contributed by atoms with Crippen molar-refractivity contribution in [3.8, 4) is 11.5 Å². The van der Waals surface area contributed by atoms with E-state index in [0.29, 0.717) is 11.3 Å². The fourth-order valence-corrected chi connectivity index (χ4v) is 5.21. The predicted octanol–water partition coefficient (Wildman–Crippen LogP) is 9.18. The number of aryl methyl sites for hydroxylation is 1. The highest BCUT2D eigenvalue weighted by Gasteiger charge is 2.20. The third-order valence-electron chi connectivity index (χ3n) is 7.50. The number of esters is 1. The van der Waals surface area contributed by atoms with Crippen molar-refractivity contribution in [1.29, 1.82) is 0 Å². The second-order valence-corrected chi connectivity index (χ2v) is 10.4. The zero-order chi connectivity index (χ0) is 24.7. The average Bonchev–Trinajstić information content (AvgIpc) is 2.89. The summed E-state index contributed by atoms with van der Waals surface area (Å²) in [5.74, 6) is 2.93. The molecule has 0 heterocycles. The largest absolute Gasteiger partial charge is 0.494 e. The normalized spacial score (nSPS) is 17.8. The van der Waals surface area contributed by atoms with Crippen molar-refractivity contribution in [2.45, 2.75) is 104 Å². The van der Waals surface area contributed by atoms with E-state index in [1.54, 1.807) is 12.1 Å². The van der Waals surface area contributed by atoms with Crippen molar-refractivity contribution in [3.63, 3.8) is 0 Å². The highest BCUT2D eigenvalue weighted by atomic mass is 16.5. The van der Waals surface area contributed by atoms with Gasteiger partial charge in [-0.25, -0.2) is 4.79 Å². The van der Waals surface area contributed by atoms with Crippen LogP contribution in [0.5, 0.6) is 11.5 Å². The Morgan fingerprint density at radius 2 is 1.29 bits per heavy atom. The molecule has 0 bridgehead atoms. The van der Waals surface area contributed by atoms with Gasteiger partial charge in [-0.1, -0.05) is 90.2 Å². The molecule has 1 saturated carbocycles. The number of ether oxygens (including phenoxy) is 2. The van der Waals surface area contributed by atoms with E-state index in [4.69, 9.17) is 9.47 Å². The molecule has 3 nitrogen and oxygen atoms in total. The Morgan fingerprint density at radius 1 is 0.714 bits per heavy atom. The Kier molecular flexibility index (Phi) is 12.2. The lowest BCUT2D eigenvalue weighted by atomic mass is 9.78. The van der Waals surface area contributed by atoms with Gasteiger partial charge in [0.25, 0.3) is 0 Å². The van der Waals surface area contributed by atoms with Gasteiger partial charge in [-0.3, -0.25) is 0 Å². The number of hydrogen-bond donors (Lipinski definition) is 0. The first-order valence-corrected chi connectivity index (χ1v) is 14.2. The van der Waals surface area contributed by atoms with Crippen LogP contribution < -0.4 is 9.47 Å². The summed E-state index contributed by atoms with van der Waals surface area (Å²) < 4.78 is 11.5. The SMILES string of the molecule is CCCCCc1ccc(OC(=O)c2ccc(OCCC[C@H]3CC[C@H](CCCCC)CC3)cc2)cc1. The van der Waals surface area contributed by atoms with Gasteiger partial charge in [-0.15, -0.1) is 0 Å². The lowest BCUT2D eigenvalue weighted by Gasteiger charge is -2.28. The molecule has 0 aliphatic heterocycles. The summed E-state index contributed by atoms with van der Waals surface area (Å²) in [5, 5.41) is 0. The Balaban J connectivity index is 1.31. The van der Waals surface area contributed by atoms with Crippen molar-refractivity contribution in [2.75, 3.05) is 6.61 Å². The second-order valence-electron chi connectivity index (χ2n) is 10.4. The smallest absolute Gasteiger partial charge is 0.343 e. The van der Waals surface area contributed by atoms with Gasteiger partial charge < -0.3 is 9.47 Å². The summed E-state index contributed by atoms with van der Waals surface area (Å²) in [4.78, 5) is 12.5. The van der Waals surface area contributed by atoms with Crippen molar-refractivity contribution < 1.29 is 14.3 Å². The molecule has 3 heteroatoms. The molecule has 0 spiro atoms. The molecular weight excluding hydrogens is 432 g/mol. The standard InChI is InChI=1S/C32H46O3/c1-3-5-7-10-26-13-15-28(16-14-26)12-9-25-34-30-23-19-29(20-24-30)32(33)35-31-21-17-27(18-22-31)11-8-6-4-2/h17-24,26,28H,3-16,25H2,1-2H3/t26-,28-. The van der Waals surface area contributed by atoms with Crippen molar-refractivity contribution in [1.82, 2.24) is 0 Å². The minimum Gasteiger partial charge on any atom is -0.494 e. The summed E-state index contributed by atoms with van der Waals surface area (Å²) in [6.07, 6.45) is 18.3. The monoisotopic (exact) mass is 478 g/mol. The van der Waals surface area contributed by atoms with Crippen LogP contribution in [-0.2, 0) is 6.42 Å². The Morgan fingerprint density at radius 3 is 1.91 bits per heavy atom. The van der Waals surface area contributed by atoms with Gasteiger partial charge in [0, 0.05) is 0 Å². The fraction of sp³-hybridized carbons (Fsp3) is 0.594. The van der Waals surface area contributed by atoms with Crippen LogP contribution in [0.1, 0.15) is 113 Å². The summed E-state index contributed by atoms with van der Waals surface area (Å²) in [6, 6.07) is 15.2. The van der Waals surface area contributed by atoms with E-state index in [1.165, 1.54) is 82.6 Å². The topological polar surface area (TPSA) is 35.5 Å². The number of hydrogen-bond acceptors (Lipinski definition) is 3. The lowest BCUT2D eigenvalue weighted by molar-refractivity contribution is 0.0734. The number of benzene rings is 2. The molecule has 35 heavy (non-hydrogen) atoms. The minimum absolute atomic E-state index is 0.333. The zero-order valence-corrected chi connectivity index (χ0v) is 22.1. The summed E-state index contributed by atoms with van der Waals surface area (Å²) in [7, 11) is 0. The number of rotatable bonds is 15. The highest BCUT2D eigenvalue weighted by molar-refractivity contribution is 5.91. The molecule has 0 radical (unpaired) electrons. The predicted molar refractivity (Wildman–Crippen MR) is 145 cm³/mol. The van der Waals surface area contributed by atoms with Crippen LogP contribution in [0.3, 0.4) is 0 Å². The number of carbonyl (C=O) groups excluding carboxylic acids is 1. The fourth-order valence-electron chi connectivity index (χ4n) is 5.21. The summed E-state index contributed by atoms with van der Waals surface area (Å²) in [6.45, 7) is 5.24. The van der Waals surface area contributed by atoms with Crippen LogP contribution in [0, 0.1) is 11.8 Å². The first-order valence-electron chi connectivity index (χ1n) is 14.2. The van der Waals surface area contributed by atoms with Crippen LogP contribution in [0.15, 0.2) is 48.5 Å². The van der Waals surface area contributed by atoms with Crippen molar-refractivity contribution in [2.24, 2.45) is 11.8 Å². The third kappa shape index (κ3) is 10.1. The Labute approximate surface area is 213 Å². The van der Waals surface area contributed by atoms with Gasteiger partial charge in [-0.2, -0.15) is 0 Å². The maximum Gasteiger partial charge on any atom is 0.343 e. The molecule has 0 N–H and O–H groups in total. The van der Waals surface area contributed by atoms with Crippen molar-refractivity contribution >= 4 is 5.97 Å². The van der Waals surface area contributed by atoms with E-state index in [-0.39, 0.29) is 5.97 Å². The van der Waals surface area contributed by atoms with Gasteiger partial charge in [0.15, 0.2) is 0 Å². The summed E-state index contributed by atoms with van der Waals surface area (Å²) >= 11 is 0. The molecule has 0 saturated heterocycles. The molecule has 1 aliphatic carbocycles. The van der Waals surface area contributed by atoms with Crippen LogP contribution >= 0.6 is 0 Å². The van der Waals surface area contributed by atoms with Crippen molar-refractivity contribution in [3.05, 3.63) is 59.7 Å². The van der Waals surface area contributed by atoms with Crippen LogP contribution in [0.4, 0.5) is 0 Å². The van der Waals surface area contributed by atoms with Gasteiger partial charge >= 0.3 is 5.97 Å². The van der Waals surface area contributed by atoms with Gasteiger partial charge in [0.1, 0.15) is 11.5 Å². The summed E-state index contributed by atoms with van der Waals surface area (Å²) in [5.41, 5.74) is 1.83. The van der Waals surface area contributed by atoms with Gasteiger partial charge in [0.05, 0.1) is 12.2 Å². The zero-order valence-electron chi connectivity index (χ0n) is 22.1. The first-order chi connectivity index (χ1) is 17.2. The molecule has 1 aliphatic rings. The maximum atomic E-state index is 12.5. The molecule has 2 aromatic carbocycles. The third-order valence-corrected chi connectivity index (χ3v) is 7.50. The van der Waals surface area contributed by atoms with E-state index in [2.05, 4.69) is 26.0 Å². The quantitative estimate of drug-likeness (QED) is 0.145. The molecule has 0 atom stereocenters. The van der Waals surface area contributed by atoms with Crippen LogP contribution in [-0.4, -0.2) is 12.6 Å². The van der Waals surface area contributed by atoms with Gasteiger partial charge in [0.2, 0.25) is 0 Å². The van der Waals surface area contributed by atoms with E-state index in [0.717, 1.165) is 37.0 Å². The minimum atomic E-state index is -0.333. The van der Waals surface area contributed by atoms with E-state index in [1.807, 2.05) is 24.3 Å². The first kappa shape index (κ1) is 27.3.